The summed E-state index contributed by atoms with van der Waals surface area (Å²) in [6.07, 6.45) is 2.87. The predicted molar refractivity (Wildman–Crippen MR) is 78.7 cm³/mol. The molecular formula is C11H15N5O4S2. The summed E-state index contributed by atoms with van der Waals surface area (Å²) in [5, 5.41) is 4.15. The third-order valence-corrected chi connectivity index (χ3v) is 6.44. The van der Waals surface area contributed by atoms with Crippen LogP contribution in [-0.4, -0.2) is 48.1 Å². The van der Waals surface area contributed by atoms with E-state index in [4.69, 9.17) is 0 Å². The number of anilines is 1. The fourth-order valence-electron chi connectivity index (χ4n) is 2.42. The summed E-state index contributed by atoms with van der Waals surface area (Å²) >= 11 is 0. The van der Waals surface area contributed by atoms with Crippen molar-refractivity contribution in [2.24, 2.45) is 0 Å². The number of hydrogen-bond acceptors (Lipinski definition) is 6. The van der Waals surface area contributed by atoms with Crippen LogP contribution in [0.3, 0.4) is 0 Å². The smallest absolute Gasteiger partial charge is 0.280 e. The summed E-state index contributed by atoms with van der Waals surface area (Å²) in [4.78, 5) is 6.20. The van der Waals surface area contributed by atoms with Crippen molar-refractivity contribution in [2.75, 3.05) is 16.2 Å². The van der Waals surface area contributed by atoms with Gasteiger partial charge in [-0.05, 0) is 13.3 Å². The Morgan fingerprint density at radius 2 is 2.23 bits per heavy atom. The summed E-state index contributed by atoms with van der Waals surface area (Å²) in [5.74, 6) is 0.296. The fraction of sp³-hybridized carbons (Fsp3) is 0.455. The highest BCUT2D eigenvalue weighted by Gasteiger charge is 2.32. The van der Waals surface area contributed by atoms with Crippen molar-refractivity contribution in [3.63, 3.8) is 0 Å². The number of hydrogen-bond donors (Lipinski definition) is 2. The van der Waals surface area contributed by atoms with Crippen LogP contribution in [0.5, 0.6) is 0 Å². The Labute approximate surface area is 127 Å². The van der Waals surface area contributed by atoms with Gasteiger partial charge in [0.2, 0.25) is 0 Å². The third kappa shape index (κ3) is 2.86. The molecule has 1 aliphatic heterocycles. The summed E-state index contributed by atoms with van der Waals surface area (Å²) in [6.45, 7) is 1.72. The quantitative estimate of drug-likeness (QED) is 0.807. The number of H-pyrrole nitrogens is 1. The molecule has 1 fully saturated rings. The van der Waals surface area contributed by atoms with Crippen molar-refractivity contribution >= 4 is 25.7 Å². The van der Waals surface area contributed by atoms with Gasteiger partial charge in [-0.25, -0.2) is 18.1 Å². The van der Waals surface area contributed by atoms with Gasteiger partial charge in [-0.15, -0.1) is 0 Å². The number of sulfone groups is 1. The lowest BCUT2D eigenvalue weighted by Gasteiger charge is -2.14. The van der Waals surface area contributed by atoms with E-state index >= 15 is 0 Å². The molecule has 2 N–H and O–H groups in total. The molecule has 2 aromatic rings. The van der Waals surface area contributed by atoms with E-state index in [2.05, 4.69) is 19.8 Å². The monoisotopic (exact) mass is 345 g/mol. The molecule has 9 nitrogen and oxygen atoms in total. The van der Waals surface area contributed by atoms with Gasteiger partial charge in [0.1, 0.15) is 5.82 Å². The lowest BCUT2D eigenvalue weighted by Crippen LogP contribution is -2.20. The second-order valence-corrected chi connectivity index (χ2v) is 9.07. The van der Waals surface area contributed by atoms with Crippen molar-refractivity contribution < 1.29 is 16.8 Å². The highest BCUT2D eigenvalue weighted by molar-refractivity contribution is 7.92. The zero-order valence-electron chi connectivity index (χ0n) is 11.7. The van der Waals surface area contributed by atoms with E-state index in [0.717, 1.165) is 0 Å². The molecule has 0 unspecified atom stereocenters. The van der Waals surface area contributed by atoms with Gasteiger partial charge in [0.15, 0.2) is 14.9 Å². The minimum atomic E-state index is -3.82. The lowest BCUT2D eigenvalue weighted by atomic mass is 10.3. The van der Waals surface area contributed by atoms with Gasteiger partial charge in [0.05, 0.1) is 35.8 Å². The van der Waals surface area contributed by atoms with Crippen LogP contribution >= 0.6 is 0 Å². The number of rotatable bonds is 4. The van der Waals surface area contributed by atoms with Gasteiger partial charge in [0.25, 0.3) is 10.0 Å². The van der Waals surface area contributed by atoms with Gasteiger partial charge in [0, 0.05) is 6.07 Å². The molecule has 11 heteroatoms. The van der Waals surface area contributed by atoms with E-state index in [-0.39, 0.29) is 28.4 Å². The zero-order valence-corrected chi connectivity index (χ0v) is 13.4. The van der Waals surface area contributed by atoms with Gasteiger partial charge in [-0.3, -0.25) is 4.72 Å². The number of sulfonamides is 1. The molecular weight excluding hydrogens is 330 g/mol. The second-order valence-electron chi connectivity index (χ2n) is 5.19. The number of nitrogens with one attached hydrogen (secondary N) is 2. The van der Waals surface area contributed by atoms with Crippen LogP contribution in [0.25, 0.3) is 0 Å². The minimum Gasteiger partial charge on any atom is -0.334 e. The van der Waals surface area contributed by atoms with E-state index < -0.39 is 19.9 Å². The van der Waals surface area contributed by atoms with Crippen molar-refractivity contribution in [2.45, 2.75) is 24.4 Å². The van der Waals surface area contributed by atoms with Crippen molar-refractivity contribution in [3.05, 3.63) is 24.3 Å². The molecule has 0 aromatic carbocycles. The molecule has 0 bridgehead atoms. The first-order chi connectivity index (χ1) is 10.3. The van der Waals surface area contributed by atoms with Gasteiger partial charge < -0.3 is 4.98 Å². The molecule has 0 spiro atoms. The standard InChI is InChI=1S/C11H15N5O4S2/c1-8-4-10(15-22(19,20)11-5-12-7-13-11)16(14-8)9-2-3-21(17,18)6-9/h4-5,7,9,15H,2-3,6H2,1H3,(H,12,13)/t9-/m1/s1. The molecule has 0 amide bonds. The molecule has 3 rings (SSSR count). The highest BCUT2D eigenvalue weighted by atomic mass is 32.2. The van der Waals surface area contributed by atoms with Crippen LogP contribution in [0, 0.1) is 6.92 Å². The maximum absolute atomic E-state index is 12.2. The number of nitrogens with zero attached hydrogens (tertiary/aromatic N) is 3. The lowest BCUT2D eigenvalue weighted by molar-refractivity contribution is 0.503. The predicted octanol–water partition coefficient (Wildman–Crippen LogP) is 0.0750. The molecule has 22 heavy (non-hydrogen) atoms. The average Bonchev–Trinajstić information content (AvgIpc) is 3.09. The Hall–Kier alpha value is -1.88. The third-order valence-electron chi connectivity index (χ3n) is 3.41. The number of aryl methyl sites for hydroxylation is 1. The fourth-order valence-corrected chi connectivity index (χ4v) is 5.06. The molecule has 1 saturated heterocycles. The molecule has 1 atom stereocenters. The first-order valence-corrected chi connectivity index (χ1v) is 9.85. The molecule has 0 saturated carbocycles. The van der Waals surface area contributed by atoms with Crippen molar-refractivity contribution in [1.29, 1.82) is 0 Å². The largest absolute Gasteiger partial charge is 0.334 e. The van der Waals surface area contributed by atoms with Crippen molar-refractivity contribution in [3.8, 4) is 0 Å². The molecule has 120 valence electrons. The Kier molecular flexibility index (Phi) is 3.48. The van der Waals surface area contributed by atoms with Crippen LogP contribution in [0.1, 0.15) is 18.2 Å². The average molecular weight is 345 g/mol. The summed E-state index contributed by atoms with van der Waals surface area (Å²) < 4.78 is 51.5. The van der Waals surface area contributed by atoms with Gasteiger partial charge in [-0.1, -0.05) is 0 Å². The van der Waals surface area contributed by atoms with E-state index in [1.54, 1.807) is 13.0 Å². The number of imidazole rings is 1. The summed E-state index contributed by atoms with van der Waals surface area (Å²) in [6, 6.07) is 1.21. The first-order valence-electron chi connectivity index (χ1n) is 6.55. The Bertz CT molecular complexity index is 883. The Morgan fingerprint density at radius 3 is 2.82 bits per heavy atom. The minimum absolute atomic E-state index is 0.0348. The zero-order chi connectivity index (χ0) is 16.0. The topological polar surface area (TPSA) is 127 Å². The molecule has 0 radical (unpaired) electrons. The summed E-state index contributed by atoms with van der Waals surface area (Å²) in [7, 11) is -6.91. The van der Waals surface area contributed by atoms with Crippen LogP contribution in [-0.2, 0) is 19.9 Å². The maximum Gasteiger partial charge on any atom is 0.280 e. The Morgan fingerprint density at radius 1 is 1.45 bits per heavy atom. The van der Waals surface area contributed by atoms with Crippen LogP contribution in [0.2, 0.25) is 0 Å². The van der Waals surface area contributed by atoms with Crippen LogP contribution < -0.4 is 4.72 Å². The van der Waals surface area contributed by atoms with E-state index in [9.17, 15) is 16.8 Å². The second kappa shape index (κ2) is 5.09. The van der Waals surface area contributed by atoms with Crippen LogP contribution in [0.4, 0.5) is 5.82 Å². The highest BCUT2D eigenvalue weighted by Crippen LogP contribution is 2.28. The van der Waals surface area contributed by atoms with Crippen LogP contribution in [0.15, 0.2) is 23.6 Å². The normalized spacial score (nSPS) is 21.0. The number of aromatic amines is 1. The van der Waals surface area contributed by atoms with E-state index in [1.807, 2.05) is 0 Å². The molecule has 2 aromatic heterocycles. The Balaban J connectivity index is 1.93. The molecule has 0 aliphatic carbocycles. The van der Waals surface area contributed by atoms with Crippen molar-refractivity contribution in [1.82, 2.24) is 19.7 Å². The first kappa shape index (κ1) is 15.0. The van der Waals surface area contributed by atoms with E-state index in [1.165, 1.54) is 17.2 Å². The van der Waals surface area contributed by atoms with E-state index in [0.29, 0.717) is 12.1 Å². The summed E-state index contributed by atoms with van der Waals surface area (Å²) in [5.41, 5.74) is 0.603. The molecule has 1 aliphatic rings. The number of aromatic nitrogens is 4. The molecule has 3 heterocycles. The maximum atomic E-state index is 12.2. The van der Waals surface area contributed by atoms with Gasteiger partial charge >= 0.3 is 0 Å². The van der Waals surface area contributed by atoms with Gasteiger partial charge in [-0.2, -0.15) is 13.5 Å². The SMILES string of the molecule is Cc1cc(NS(=O)(=O)c2cnc[nH]2)n([C@@H]2CCS(=O)(=O)C2)n1.